The number of aromatic nitrogens is 1. The third-order valence-corrected chi connectivity index (χ3v) is 2.02. The molecule has 0 radical (unpaired) electrons. The number of nitrogens with zero attached hydrogens (tertiary/aromatic N) is 1. The van der Waals surface area contributed by atoms with Gasteiger partial charge in [-0.25, -0.2) is 10.5 Å². The zero-order chi connectivity index (χ0) is 9.80. The van der Waals surface area contributed by atoms with Crippen LogP contribution >= 0.6 is 0 Å². The molecule has 3 heteroatoms. The highest BCUT2D eigenvalue weighted by molar-refractivity contribution is 6.43. The van der Waals surface area contributed by atoms with Gasteiger partial charge in [0.05, 0.1) is 5.75 Å². The van der Waals surface area contributed by atoms with E-state index in [0.717, 1.165) is 5.75 Å². The van der Waals surface area contributed by atoms with Crippen LogP contribution in [0.2, 0.25) is 0 Å². The van der Waals surface area contributed by atoms with Gasteiger partial charge < -0.3 is 4.65 Å². The summed E-state index contributed by atoms with van der Waals surface area (Å²) >= 11 is 0. The van der Waals surface area contributed by atoms with Gasteiger partial charge in [0.1, 0.15) is 13.6 Å². The summed E-state index contributed by atoms with van der Waals surface area (Å²) in [5, 5.41) is 0. The van der Waals surface area contributed by atoms with Crippen LogP contribution in [0.25, 0.3) is 0 Å². The fraction of sp³-hybridized carbons (Fsp3) is 0.0909. The number of hydrogen-bond acceptors (Lipinski definition) is 1. The van der Waals surface area contributed by atoms with Crippen LogP contribution in [0.4, 0.5) is 0 Å². The van der Waals surface area contributed by atoms with Gasteiger partial charge in [-0.05, 0) is 18.2 Å². The lowest BCUT2D eigenvalue weighted by Crippen LogP contribution is -2.31. The normalized spacial score (nSPS) is 9.79. The number of benzene rings is 1. The molecule has 1 aromatic carbocycles. The van der Waals surface area contributed by atoms with Crippen molar-refractivity contribution < 1.29 is 9.22 Å². The minimum absolute atomic E-state index is 0.0346. The summed E-state index contributed by atoms with van der Waals surface area (Å²) in [5.74, 6) is 2.92. The molecule has 1 aromatic heterocycles. The van der Waals surface area contributed by atoms with Crippen molar-refractivity contribution in [2.75, 3.05) is 0 Å². The van der Waals surface area contributed by atoms with Gasteiger partial charge in [-0.15, -0.1) is 0 Å². The van der Waals surface area contributed by atoms with E-state index in [0.29, 0.717) is 0 Å². The highest BCUT2D eigenvalue weighted by atomic mass is 16.4. The van der Waals surface area contributed by atoms with Gasteiger partial charge in [-0.3, -0.25) is 0 Å². The molecule has 0 aliphatic carbocycles. The summed E-state index contributed by atoms with van der Waals surface area (Å²) < 4.78 is 7.72. The van der Waals surface area contributed by atoms with Gasteiger partial charge in [0.25, 0.3) is 0 Å². The van der Waals surface area contributed by atoms with Crippen molar-refractivity contribution >= 4 is 6.55 Å². The molecule has 0 unspecified atom stereocenters. The Labute approximate surface area is 83.9 Å². The average Bonchev–Trinajstić information content (AvgIpc) is 2.19. The van der Waals surface area contributed by atoms with Crippen LogP contribution in [0.1, 0.15) is 0 Å². The highest BCUT2D eigenvalue weighted by Crippen LogP contribution is 2.07. The maximum atomic E-state index is 5.72. The molecule has 70 valence electrons. The van der Waals surface area contributed by atoms with E-state index in [9.17, 15) is 0 Å². The Morgan fingerprint density at radius 2 is 1.93 bits per heavy atom. The van der Waals surface area contributed by atoms with E-state index >= 15 is 0 Å². The Kier molecular flexibility index (Phi) is 2.59. The van der Waals surface area contributed by atoms with Crippen molar-refractivity contribution in [2.45, 2.75) is 0 Å². The maximum absolute atomic E-state index is 5.72. The summed E-state index contributed by atoms with van der Waals surface area (Å²) in [4.78, 5) is 0. The Bertz CT molecular complexity index is 417. The van der Waals surface area contributed by atoms with Gasteiger partial charge in [0.15, 0.2) is 6.20 Å². The van der Waals surface area contributed by atoms with E-state index in [4.69, 9.17) is 4.65 Å². The monoisotopic (exact) mass is 185 g/mol. The average molecular weight is 185 g/mol. The molecule has 0 aliphatic heterocycles. The predicted molar refractivity (Wildman–Crippen MR) is 56.0 cm³/mol. The second-order valence-electron chi connectivity index (χ2n) is 3.24. The molecule has 0 N–H and O–H groups in total. The van der Waals surface area contributed by atoms with Gasteiger partial charge in [-0.2, -0.15) is 0 Å². The molecule has 2 aromatic rings. The standard InChI is InChI=1S/C11H12BNO/c1-13-9-5-8-12(10-13)14-11-6-3-2-4-7-11/h2-10H,1H3. The first-order chi connectivity index (χ1) is 6.84. The van der Waals surface area contributed by atoms with E-state index in [-0.39, 0.29) is 6.55 Å². The lowest BCUT2D eigenvalue weighted by atomic mass is 9.89. The SMILES string of the molecule is C[n+]1ccc[b-](Oc2ccccc2)c1. The molecule has 0 saturated heterocycles. The van der Waals surface area contributed by atoms with Crippen molar-refractivity contribution in [3.63, 3.8) is 0 Å². The summed E-state index contributed by atoms with van der Waals surface area (Å²) in [7, 11) is 1.99. The maximum Gasteiger partial charge on any atom is 0.161 e. The number of rotatable bonds is 2. The van der Waals surface area contributed by atoms with E-state index < -0.39 is 0 Å². The highest BCUT2D eigenvalue weighted by Gasteiger charge is 1.90. The van der Waals surface area contributed by atoms with Crippen LogP contribution in [0.5, 0.6) is 5.75 Å². The summed E-state index contributed by atoms with van der Waals surface area (Å²) in [6, 6.07) is 11.8. The molecule has 0 atom stereocenters. The molecule has 1 heterocycles. The third kappa shape index (κ3) is 2.19. The zero-order valence-corrected chi connectivity index (χ0v) is 8.13. The van der Waals surface area contributed by atoms with E-state index in [1.54, 1.807) is 0 Å². The minimum Gasteiger partial charge on any atom is -0.712 e. The van der Waals surface area contributed by atoms with Crippen LogP contribution in [0, 0.1) is 0 Å². The molecule has 0 saturated carbocycles. The van der Waals surface area contributed by atoms with Gasteiger partial charge >= 0.3 is 0 Å². The fourth-order valence-electron chi connectivity index (χ4n) is 1.35. The molecule has 0 aliphatic rings. The molecular weight excluding hydrogens is 173 g/mol. The lowest BCUT2D eigenvalue weighted by Gasteiger charge is -2.14. The van der Waals surface area contributed by atoms with E-state index in [1.165, 1.54) is 0 Å². The molecule has 0 amide bonds. The van der Waals surface area contributed by atoms with Crippen LogP contribution in [-0.4, -0.2) is 6.55 Å². The smallest absolute Gasteiger partial charge is 0.161 e. The van der Waals surface area contributed by atoms with Crippen LogP contribution < -0.4 is 9.22 Å². The second kappa shape index (κ2) is 4.05. The second-order valence-corrected chi connectivity index (χ2v) is 3.24. The van der Waals surface area contributed by atoms with Crippen molar-refractivity contribution in [3.05, 3.63) is 54.6 Å². The third-order valence-electron chi connectivity index (χ3n) is 2.02. The zero-order valence-electron chi connectivity index (χ0n) is 8.13. The summed E-state index contributed by atoms with van der Waals surface area (Å²) in [6.07, 6.45) is 4.01. The molecule has 2 nitrogen and oxygen atoms in total. The van der Waals surface area contributed by atoms with Crippen molar-refractivity contribution in [3.8, 4) is 5.75 Å². The van der Waals surface area contributed by atoms with E-state index in [2.05, 4.69) is 0 Å². The van der Waals surface area contributed by atoms with Crippen molar-refractivity contribution in [1.29, 1.82) is 0 Å². The predicted octanol–water partition coefficient (Wildman–Crippen LogP) is 1.38. The molecule has 0 spiro atoms. The topological polar surface area (TPSA) is 13.1 Å². The van der Waals surface area contributed by atoms with Gasteiger partial charge in [0.2, 0.25) is 0 Å². The largest absolute Gasteiger partial charge is 0.712 e. The first-order valence-corrected chi connectivity index (χ1v) is 4.65. The molecular formula is C11H12BNO. The minimum atomic E-state index is 0.0346. The first-order valence-electron chi connectivity index (χ1n) is 4.65. The molecule has 14 heavy (non-hydrogen) atoms. The molecule has 2 rings (SSSR count). The van der Waals surface area contributed by atoms with Crippen LogP contribution in [-0.2, 0) is 7.05 Å². The Morgan fingerprint density at radius 3 is 2.64 bits per heavy atom. The number of hydrogen-bond donors (Lipinski definition) is 0. The van der Waals surface area contributed by atoms with Crippen LogP contribution in [0.15, 0.2) is 54.6 Å². The Balaban J connectivity index is 2.19. The van der Waals surface area contributed by atoms with Crippen molar-refractivity contribution in [1.82, 2.24) is 0 Å². The summed E-state index contributed by atoms with van der Waals surface area (Å²) in [6.45, 7) is 0.0346. The van der Waals surface area contributed by atoms with Gasteiger partial charge in [0, 0.05) is 6.09 Å². The van der Waals surface area contributed by atoms with Crippen LogP contribution in [0.3, 0.4) is 0 Å². The number of para-hydroxylation sites is 1. The number of aryl methyl sites for hydroxylation is 1. The fourth-order valence-corrected chi connectivity index (χ4v) is 1.35. The van der Waals surface area contributed by atoms with E-state index in [1.807, 2.05) is 66.3 Å². The molecule has 0 bridgehead atoms. The lowest BCUT2D eigenvalue weighted by molar-refractivity contribution is -0.669. The Morgan fingerprint density at radius 1 is 1.14 bits per heavy atom. The summed E-state index contributed by atoms with van der Waals surface area (Å²) in [5.41, 5.74) is 0. The first kappa shape index (κ1) is 8.94. The van der Waals surface area contributed by atoms with Crippen molar-refractivity contribution in [2.24, 2.45) is 7.05 Å². The quantitative estimate of drug-likeness (QED) is 0.644. The Hall–Kier alpha value is -1.64. The van der Waals surface area contributed by atoms with Gasteiger partial charge in [-0.1, -0.05) is 18.2 Å². The molecule has 0 fully saturated rings.